The minimum Gasteiger partial charge on any atom is -0.337 e. The van der Waals surface area contributed by atoms with Gasteiger partial charge in [0.25, 0.3) is 10.0 Å². The van der Waals surface area contributed by atoms with Gasteiger partial charge in [-0.15, -0.1) is 12.4 Å². The first-order chi connectivity index (χ1) is 12.0. The van der Waals surface area contributed by atoms with E-state index in [9.17, 15) is 13.2 Å². The van der Waals surface area contributed by atoms with Crippen LogP contribution >= 0.6 is 12.4 Å². The lowest BCUT2D eigenvalue weighted by molar-refractivity contribution is -0.130. The van der Waals surface area contributed by atoms with Gasteiger partial charge in [-0.2, -0.15) is 0 Å². The molecule has 0 aliphatic carbocycles. The zero-order valence-electron chi connectivity index (χ0n) is 14.5. The molecule has 0 bridgehead atoms. The van der Waals surface area contributed by atoms with Gasteiger partial charge in [-0.1, -0.05) is 24.3 Å². The highest BCUT2D eigenvalue weighted by molar-refractivity contribution is 7.93. The Balaban J connectivity index is 0.00000196. The molecule has 2 aromatic carbocycles. The Labute approximate surface area is 159 Å². The van der Waals surface area contributed by atoms with E-state index in [-0.39, 0.29) is 30.9 Å². The number of amides is 1. The van der Waals surface area contributed by atoms with E-state index < -0.39 is 10.0 Å². The molecule has 4 rings (SSSR count). The van der Waals surface area contributed by atoms with Crippen LogP contribution in [0.5, 0.6) is 0 Å². The number of benzene rings is 2. The van der Waals surface area contributed by atoms with Crippen molar-refractivity contribution < 1.29 is 13.2 Å². The highest BCUT2D eigenvalue weighted by Crippen LogP contribution is 2.41. The molecule has 8 heteroatoms. The summed E-state index contributed by atoms with van der Waals surface area (Å²) in [5.74, 6) is -0.133. The monoisotopic (exact) mass is 395 g/mol. The van der Waals surface area contributed by atoms with Crippen molar-refractivity contribution in [2.24, 2.45) is 0 Å². The van der Waals surface area contributed by atoms with E-state index in [0.29, 0.717) is 22.5 Å². The van der Waals surface area contributed by atoms with E-state index in [0.717, 1.165) is 24.8 Å². The van der Waals surface area contributed by atoms with Crippen LogP contribution in [0.4, 0.5) is 5.69 Å². The second-order valence-corrected chi connectivity index (χ2v) is 8.41. The number of sulfonamides is 1. The quantitative estimate of drug-likeness (QED) is 0.859. The second kappa shape index (κ2) is 7.06. The third-order valence-electron chi connectivity index (χ3n) is 5.10. The molecule has 140 valence electrons. The number of likely N-dealkylation sites (tertiary alicyclic amines) is 1. The molecule has 0 aromatic heterocycles. The molecule has 2 aliphatic heterocycles. The molecule has 2 heterocycles. The van der Waals surface area contributed by atoms with Gasteiger partial charge in [-0.05, 0) is 37.4 Å². The van der Waals surface area contributed by atoms with Crippen molar-refractivity contribution in [3.63, 3.8) is 0 Å². The predicted octanol–water partition coefficient (Wildman–Crippen LogP) is 1.98. The molecule has 1 saturated heterocycles. The standard InChI is InChI=1S/C18H21N3O3S.ClH/c1-19-11-14-7-4-10-20(14)17(22)12-21-15-8-2-5-13-6-3-9-16(18(13)15)25(21,23)24;/h2-3,5-6,8-9,14,19H,4,7,10-12H2,1H3;1H. The zero-order valence-corrected chi connectivity index (χ0v) is 16.1. The maximum atomic E-state index is 13.0. The van der Waals surface area contributed by atoms with Crippen molar-refractivity contribution >= 4 is 44.8 Å². The summed E-state index contributed by atoms with van der Waals surface area (Å²) in [7, 11) is -1.82. The number of likely N-dealkylation sites (N-methyl/N-ethyl adjacent to an activating group) is 1. The Morgan fingerprint density at radius 3 is 2.69 bits per heavy atom. The predicted molar refractivity (Wildman–Crippen MR) is 104 cm³/mol. The summed E-state index contributed by atoms with van der Waals surface area (Å²) >= 11 is 0. The average molecular weight is 396 g/mol. The van der Waals surface area contributed by atoms with Crippen molar-refractivity contribution in [1.82, 2.24) is 10.2 Å². The zero-order chi connectivity index (χ0) is 17.6. The van der Waals surface area contributed by atoms with Crippen molar-refractivity contribution in [1.29, 1.82) is 0 Å². The molecule has 1 N–H and O–H groups in total. The summed E-state index contributed by atoms with van der Waals surface area (Å²) in [6, 6.07) is 10.9. The van der Waals surface area contributed by atoms with E-state index in [1.807, 2.05) is 30.1 Å². The fourth-order valence-corrected chi connectivity index (χ4v) is 5.61. The first-order valence-corrected chi connectivity index (χ1v) is 9.96. The molecule has 26 heavy (non-hydrogen) atoms. The maximum Gasteiger partial charge on any atom is 0.265 e. The average Bonchev–Trinajstić information content (AvgIpc) is 3.14. The van der Waals surface area contributed by atoms with Gasteiger partial charge in [0.2, 0.25) is 5.91 Å². The Morgan fingerprint density at radius 1 is 1.23 bits per heavy atom. The Hall–Kier alpha value is -1.83. The summed E-state index contributed by atoms with van der Waals surface area (Å²) < 4.78 is 27.2. The number of anilines is 1. The van der Waals surface area contributed by atoms with E-state index in [1.54, 1.807) is 18.2 Å². The van der Waals surface area contributed by atoms with E-state index in [1.165, 1.54) is 4.31 Å². The molecule has 0 spiro atoms. The Bertz CT molecular complexity index is 943. The number of halogens is 1. The number of nitrogens with zero attached hydrogens (tertiary/aromatic N) is 2. The lowest BCUT2D eigenvalue weighted by Crippen LogP contribution is -2.46. The van der Waals surface area contributed by atoms with Crippen LogP contribution in [0, 0.1) is 0 Å². The van der Waals surface area contributed by atoms with Crippen LogP contribution in [0.1, 0.15) is 12.8 Å². The molecule has 0 radical (unpaired) electrons. The number of hydrogen-bond donors (Lipinski definition) is 1. The summed E-state index contributed by atoms with van der Waals surface area (Å²) in [6.07, 6.45) is 1.91. The minimum atomic E-state index is -3.68. The first-order valence-electron chi connectivity index (χ1n) is 8.52. The lowest BCUT2D eigenvalue weighted by atomic mass is 10.1. The number of hydrogen-bond acceptors (Lipinski definition) is 4. The second-order valence-electron chi connectivity index (χ2n) is 6.58. The molecule has 0 saturated carbocycles. The van der Waals surface area contributed by atoms with Crippen molar-refractivity contribution in [2.75, 3.05) is 31.0 Å². The molecule has 1 unspecified atom stereocenters. The number of rotatable bonds is 4. The van der Waals surface area contributed by atoms with Crippen LogP contribution in [0.2, 0.25) is 0 Å². The molecule has 6 nitrogen and oxygen atoms in total. The summed E-state index contributed by atoms with van der Waals surface area (Å²) in [4.78, 5) is 14.9. The van der Waals surface area contributed by atoms with Crippen LogP contribution in [0.3, 0.4) is 0 Å². The van der Waals surface area contributed by atoms with Crippen LogP contribution in [-0.4, -0.2) is 51.9 Å². The minimum absolute atomic E-state index is 0. The molecular weight excluding hydrogens is 374 g/mol. The maximum absolute atomic E-state index is 13.0. The van der Waals surface area contributed by atoms with Crippen LogP contribution in [0.25, 0.3) is 10.8 Å². The third-order valence-corrected chi connectivity index (χ3v) is 6.90. The van der Waals surface area contributed by atoms with Crippen LogP contribution < -0.4 is 9.62 Å². The third kappa shape index (κ3) is 2.84. The first kappa shape index (κ1) is 18.9. The number of carbonyl (C=O) groups excluding carboxylic acids is 1. The van der Waals surface area contributed by atoms with Gasteiger partial charge in [0, 0.05) is 24.5 Å². The summed E-state index contributed by atoms with van der Waals surface area (Å²) in [5, 5.41) is 4.70. The smallest absolute Gasteiger partial charge is 0.265 e. The molecule has 1 amide bonds. The fourth-order valence-electron chi connectivity index (χ4n) is 3.95. The van der Waals surface area contributed by atoms with Gasteiger partial charge in [0.15, 0.2) is 0 Å². The van der Waals surface area contributed by atoms with Gasteiger partial charge in [0.05, 0.1) is 10.6 Å². The highest BCUT2D eigenvalue weighted by atomic mass is 35.5. The van der Waals surface area contributed by atoms with Gasteiger partial charge < -0.3 is 10.2 Å². The van der Waals surface area contributed by atoms with Crippen LogP contribution in [0.15, 0.2) is 41.3 Å². The molecule has 1 atom stereocenters. The lowest BCUT2D eigenvalue weighted by Gasteiger charge is -2.27. The largest absolute Gasteiger partial charge is 0.337 e. The van der Waals surface area contributed by atoms with Gasteiger partial charge in [-0.3, -0.25) is 9.10 Å². The SMILES string of the molecule is CNCC1CCCN1C(=O)CN1c2cccc3cccc(c23)S1(=O)=O.Cl. The van der Waals surface area contributed by atoms with Crippen molar-refractivity contribution in [2.45, 2.75) is 23.8 Å². The summed E-state index contributed by atoms with van der Waals surface area (Å²) in [6.45, 7) is 1.28. The number of carbonyl (C=O) groups is 1. The van der Waals surface area contributed by atoms with E-state index in [2.05, 4.69) is 5.32 Å². The topological polar surface area (TPSA) is 69.7 Å². The molecule has 1 fully saturated rings. The van der Waals surface area contributed by atoms with Crippen molar-refractivity contribution in [3.05, 3.63) is 36.4 Å². The number of nitrogens with one attached hydrogen (secondary N) is 1. The van der Waals surface area contributed by atoms with Gasteiger partial charge in [-0.25, -0.2) is 8.42 Å². The molecule has 2 aromatic rings. The fraction of sp³-hybridized carbons (Fsp3) is 0.389. The van der Waals surface area contributed by atoms with Crippen molar-refractivity contribution in [3.8, 4) is 0 Å². The Kier molecular flexibility index (Phi) is 5.14. The van der Waals surface area contributed by atoms with E-state index in [4.69, 9.17) is 0 Å². The normalized spacial score (nSPS) is 20.4. The van der Waals surface area contributed by atoms with Gasteiger partial charge in [0.1, 0.15) is 6.54 Å². The Morgan fingerprint density at radius 2 is 1.96 bits per heavy atom. The van der Waals surface area contributed by atoms with E-state index >= 15 is 0 Å². The molecular formula is C18H22ClN3O3S. The molecule has 2 aliphatic rings. The highest BCUT2D eigenvalue weighted by Gasteiger charge is 2.38. The summed E-state index contributed by atoms with van der Waals surface area (Å²) in [5.41, 5.74) is 0.603. The van der Waals surface area contributed by atoms with Crippen LogP contribution in [-0.2, 0) is 14.8 Å². The van der Waals surface area contributed by atoms with Gasteiger partial charge >= 0.3 is 0 Å².